The van der Waals surface area contributed by atoms with Gasteiger partial charge in [0.25, 0.3) is 0 Å². The molecule has 1 aromatic heterocycles. The smallest absolute Gasteiger partial charge is 0.311 e. The average molecular weight is 194 g/mol. The van der Waals surface area contributed by atoms with E-state index in [0.29, 0.717) is 13.0 Å². The van der Waals surface area contributed by atoms with Crippen LogP contribution in [0.3, 0.4) is 0 Å². The van der Waals surface area contributed by atoms with Crippen LogP contribution in [0.25, 0.3) is 0 Å². The molecule has 0 bridgehead atoms. The van der Waals surface area contributed by atoms with Gasteiger partial charge in [-0.15, -0.1) is 0 Å². The van der Waals surface area contributed by atoms with Gasteiger partial charge >= 0.3 is 5.97 Å². The van der Waals surface area contributed by atoms with Gasteiger partial charge in [-0.1, -0.05) is 6.07 Å². The molecule has 0 saturated carbocycles. The number of nitrogens with zero attached hydrogens (tertiary/aromatic N) is 1. The van der Waals surface area contributed by atoms with E-state index in [1.54, 1.807) is 24.5 Å². The molecule has 4 heteroatoms. The fourth-order valence-electron chi connectivity index (χ4n) is 1.30. The predicted octanol–water partition coefficient (Wildman–Crippen LogP) is 0.859. The van der Waals surface area contributed by atoms with Crippen LogP contribution in [0.15, 0.2) is 24.5 Å². The second-order valence-corrected chi connectivity index (χ2v) is 3.07. The number of carboxylic acids is 1. The van der Waals surface area contributed by atoms with Crippen molar-refractivity contribution in [3.8, 4) is 0 Å². The molecule has 0 amide bonds. The van der Waals surface area contributed by atoms with Gasteiger partial charge in [0, 0.05) is 12.4 Å². The van der Waals surface area contributed by atoms with E-state index in [4.69, 9.17) is 5.11 Å². The molecule has 0 spiro atoms. The van der Waals surface area contributed by atoms with E-state index in [-0.39, 0.29) is 0 Å². The van der Waals surface area contributed by atoms with Gasteiger partial charge in [-0.25, -0.2) is 0 Å². The summed E-state index contributed by atoms with van der Waals surface area (Å²) in [7, 11) is 1.81. The Morgan fingerprint density at radius 2 is 2.50 bits per heavy atom. The van der Waals surface area contributed by atoms with Crippen LogP contribution in [-0.4, -0.2) is 29.7 Å². The number of aliphatic carboxylic acids is 1. The monoisotopic (exact) mass is 194 g/mol. The number of hydrogen-bond acceptors (Lipinski definition) is 3. The van der Waals surface area contributed by atoms with Crippen LogP contribution in [0.5, 0.6) is 0 Å². The highest BCUT2D eigenvalue weighted by Crippen LogP contribution is 2.17. The molecule has 0 radical (unpaired) electrons. The molecule has 0 fully saturated rings. The van der Waals surface area contributed by atoms with Crippen molar-refractivity contribution in [1.29, 1.82) is 0 Å². The Labute approximate surface area is 83.0 Å². The van der Waals surface area contributed by atoms with Crippen LogP contribution in [0.4, 0.5) is 0 Å². The second-order valence-electron chi connectivity index (χ2n) is 3.07. The van der Waals surface area contributed by atoms with Gasteiger partial charge in [-0.3, -0.25) is 9.78 Å². The fraction of sp³-hybridized carbons (Fsp3) is 0.400. The van der Waals surface area contributed by atoms with Gasteiger partial charge in [0.2, 0.25) is 0 Å². The molecule has 0 aromatic carbocycles. The molecule has 1 unspecified atom stereocenters. The van der Waals surface area contributed by atoms with Crippen molar-refractivity contribution < 1.29 is 9.90 Å². The fourth-order valence-corrected chi connectivity index (χ4v) is 1.30. The molecule has 0 aliphatic heterocycles. The summed E-state index contributed by atoms with van der Waals surface area (Å²) in [6.07, 6.45) is 3.83. The molecule has 14 heavy (non-hydrogen) atoms. The molecule has 1 rings (SSSR count). The summed E-state index contributed by atoms with van der Waals surface area (Å²) < 4.78 is 0. The lowest BCUT2D eigenvalue weighted by Crippen LogP contribution is -2.18. The topological polar surface area (TPSA) is 62.2 Å². The Morgan fingerprint density at radius 3 is 3.00 bits per heavy atom. The zero-order valence-corrected chi connectivity index (χ0v) is 8.10. The molecule has 0 aliphatic rings. The summed E-state index contributed by atoms with van der Waals surface area (Å²) >= 11 is 0. The molecule has 0 saturated heterocycles. The van der Waals surface area contributed by atoms with Crippen LogP contribution >= 0.6 is 0 Å². The number of nitrogens with one attached hydrogen (secondary N) is 1. The first kappa shape index (κ1) is 10.7. The van der Waals surface area contributed by atoms with Crippen molar-refractivity contribution in [2.45, 2.75) is 12.3 Å². The van der Waals surface area contributed by atoms with Crippen LogP contribution < -0.4 is 5.32 Å². The van der Waals surface area contributed by atoms with Crippen LogP contribution in [0.1, 0.15) is 17.9 Å². The molecule has 1 heterocycles. The average Bonchev–Trinajstić information content (AvgIpc) is 2.19. The van der Waals surface area contributed by atoms with Crippen LogP contribution in [0.2, 0.25) is 0 Å². The van der Waals surface area contributed by atoms with E-state index in [2.05, 4.69) is 10.3 Å². The summed E-state index contributed by atoms with van der Waals surface area (Å²) in [5.74, 6) is -1.26. The van der Waals surface area contributed by atoms with E-state index in [1.807, 2.05) is 7.05 Å². The summed E-state index contributed by atoms with van der Waals surface area (Å²) in [4.78, 5) is 14.9. The van der Waals surface area contributed by atoms with E-state index in [9.17, 15) is 4.79 Å². The highest BCUT2D eigenvalue weighted by molar-refractivity contribution is 5.75. The number of aromatic nitrogens is 1. The Kier molecular flexibility index (Phi) is 4.07. The molecule has 0 aliphatic carbocycles. The summed E-state index contributed by atoms with van der Waals surface area (Å²) in [6, 6.07) is 3.55. The maximum absolute atomic E-state index is 11.0. The number of rotatable bonds is 5. The van der Waals surface area contributed by atoms with E-state index >= 15 is 0 Å². The first-order valence-corrected chi connectivity index (χ1v) is 4.53. The number of carboxylic acid groups (broad SMARTS) is 1. The minimum atomic E-state index is -0.798. The van der Waals surface area contributed by atoms with E-state index < -0.39 is 11.9 Å². The highest BCUT2D eigenvalue weighted by Gasteiger charge is 2.18. The third kappa shape index (κ3) is 2.81. The third-order valence-electron chi connectivity index (χ3n) is 2.07. The van der Waals surface area contributed by atoms with Crippen molar-refractivity contribution in [3.05, 3.63) is 30.1 Å². The van der Waals surface area contributed by atoms with Crippen LogP contribution in [0, 0.1) is 0 Å². The van der Waals surface area contributed by atoms with Crippen molar-refractivity contribution in [1.82, 2.24) is 10.3 Å². The number of hydrogen-bond donors (Lipinski definition) is 2. The lowest BCUT2D eigenvalue weighted by molar-refractivity contribution is -0.138. The largest absolute Gasteiger partial charge is 0.481 e. The Balaban J connectivity index is 2.73. The Bertz CT molecular complexity index is 287. The maximum atomic E-state index is 11.0. The quantitative estimate of drug-likeness (QED) is 0.729. The van der Waals surface area contributed by atoms with Gasteiger partial charge in [0.1, 0.15) is 0 Å². The van der Waals surface area contributed by atoms with Gasteiger partial charge in [0.15, 0.2) is 0 Å². The van der Waals surface area contributed by atoms with E-state index in [0.717, 1.165) is 5.56 Å². The minimum Gasteiger partial charge on any atom is -0.481 e. The second kappa shape index (κ2) is 5.34. The normalized spacial score (nSPS) is 12.4. The van der Waals surface area contributed by atoms with Gasteiger partial charge < -0.3 is 10.4 Å². The standard InChI is InChI=1S/C10H14N2O2/c1-11-6-4-9(10(13)14)8-3-2-5-12-7-8/h2-3,5,7,9,11H,4,6H2,1H3,(H,13,14). The molecule has 4 nitrogen and oxygen atoms in total. The van der Waals surface area contributed by atoms with Crippen LogP contribution in [-0.2, 0) is 4.79 Å². The molecule has 2 N–H and O–H groups in total. The van der Waals surface area contributed by atoms with Crippen molar-refractivity contribution in [2.24, 2.45) is 0 Å². The molecular formula is C10H14N2O2. The van der Waals surface area contributed by atoms with Gasteiger partial charge in [-0.2, -0.15) is 0 Å². The first-order chi connectivity index (χ1) is 6.75. The van der Waals surface area contributed by atoms with Gasteiger partial charge in [-0.05, 0) is 31.6 Å². The minimum absolute atomic E-state index is 0.462. The van der Waals surface area contributed by atoms with Crippen molar-refractivity contribution >= 4 is 5.97 Å². The maximum Gasteiger partial charge on any atom is 0.311 e. The summed E-state index contributed by atoms with van der Waals surface area (Å²) in [5, 5.41) is 11.9. The molecule has 1 aromatic rings. The van der Waals surface area contributed by atoms with Gasteiger partial charge in [0.05, 0.1) is 5.92 Å². The summed E-state index contributed by atoms with van der Waals surface area (Å²) in [6.45, 7) is 0.686. The Morgan fingerprint density at radius 1 is 1.71 bits per heavy atom. The van der Waals surface area contributed by atoms with Crippen molar-refractivity contribution in [2.75, 3.05) is 13.6 Å². The number of pyridine rings is 1. The lowest BCUT2D eigenvalue weighted by atomic mass is 9.98. The summed E-state index contributed by atoms with van der Waals surface area (Å²) in [5.41, 5.74) is 0.759. The molecular weight excluding hydrogens is 180 g/mol. The SMILES string of the molecule is CNCCC(C(=O)O)c1cccnc1. The molecule has 1 atom stereocenters. The zero-order chi connectivity index (χ0) is 10.4. The highest BCUT2D eigenvalue weighted by atomic mass is 16.4. The zero-order valence-electron chi connectivity index (χ0n) is 8.10. The number of carbonyl (C=O) groups is 1. The first-order valence-electron chi connectivity index (χ1n) is 4.53. The third-order valence-corrected chi connectivity index (χ3v) is 2.07. The van der Waals surface area contributed by atoms with E-state index in [1.165, 1.54) is 0 Å². The molecule has 76 valence electrons. The Hall–Kier alpha value is -1.42. The van der Waals surface area contributed by atoms with Crippen molar-refractivity contribution in [3.63, 3.8) is 0 Å². The predicted molar refractivity (Wildman–Crippen MR) is 53.2 cm³/mol. The lowest BCUT2D eigenvalue weighted by Gasteiger charge is -2.11.